The third-order valence-corrected chi connectivity index (χ3v) is 14.6. The zero-order valence-electron chi connectivity index (χ0n) is 37.8. The molecule has 0 radical (unpaired) electrons. The molecular formula is C51H59F2N7O5. The molecule has 4 aliphatic rings. The monoisotopic (exact) mass is 887 g/mol. The minimum absolute atomic E-state index is 0.0111. The predicted octanol–water partition coefficient (Wildman–Crippen LogP) is 8.94. The summed E-state index contributed by atoms with van der Waals surface area (Å²) in [6, 6.07) is 17.9. The van der Waals surface area contributed by atoms with Gasteiger partial charge in [0.05, 0.1) is 61.3 Å². The van der Waals surface area contributed by atoms with Crippen LogP contribution in [0.4, 0.5) is 31.5 Å². The van der Waals surface area contributed by atoms with E-state index < -0.39 is 47.0 Å². The molecule has 14 heteroatoms. The second kappa shape index (κ2) is 17.4. The fraction of sp³-hybridized carbons (Fsp3) is 0.451. The number of ether oxygens (including phenoxy) is 2. The molecule has 3 aromatic heterocycles. The van der Waals surface area contributed by atoms with E-state index in [4.69, 9.17) is 25.2 Å². The lowest BCUT2D eigenvalue weighted by molar-refractivity contribution is -0.0461. The number of nitrogen functional groups attached to an aromatic ring is 1. The molecule has 0 bridgehead atoms. The number of fused-ring (bicyclic) bond motifs is 6. The van der Waals surface area contributed by atoms with Crippen LogP contribution in [0.15, 0.2) is 79.3 Å². The van der Waals surface area contributed by atoms with Crippen LogP contribution in [0, 0.1) is 24.7 Å². The first-order valence-corrected chi connectivity index (χ1v) is 22.7. The van der Waals surface area contributed by atoms with Gasteiger partial charge in [-0.3, -0.25) is 19.7 Å². The molecule has 1 amide bonds. The number of halogens is 2. The van der Waals surface area contributed by atoms with E-state index in [0.717, 1.165) is 44.8 Å². The number of hydrogen-bond acceptors (Lipinski definition) is 11. The smallest absolute Gasteiger partial charge is 0.289 e. The number of aryl methyl sites for hydroxylation is 2. The van der Waals surface area contributed by atoms with Gasteiger partial charge < -0.3 is 40.5 Å². The highest BCUT2D eigenvalue weighted by molar-refractivity contribution is 6.04. The number of morpholine rings is 2. The summed E-state index contributed by atoms with van der Waals surface area (Å²) in [6.07, 6.45) is 4.68. The van der Waals surface area contributed by atoms with Crippen molar-refractivity contribution < 1.29 is 33.3 Å². The van der Waals surface area contributed by atoms with Crippen LogP contribution in [0.1, 0.15) is 104 Å². The number of nitrogens with two attached hydrogens (primary N) is 1. The molecule has 2 aromatic carbocycles. The average molecular weight is 888 g/mol. The zero-order chi connectivity index (χ0) is 45.8. The Kier molecular flexibility index (Phi) is 11.9. The van der Waals surface area contributed by atoms with Crippen molar-refractivity contribution in [3.63, 3.8) is 0 Å². The minimum atomic E-state index is -3.26. The van der Waals surface area contributed by atoms with Gasteiger partial charge in [-0.25, -0.2) is 0 Å². The number of aliphatic hydroxyl groups excluding tert-OH is 2. The van der Waals surface area contributed by atoms with Gasteiger partial charge in [0.25, 0.3) is 11.8 Å². The van der Waals surface area contributed by atoms with Crippen molar-refractivity contribution in [3.05, 3.63) is 113 Å². The molecule has 5 aromatic rings. The van der Waals surface area contributed by atoms with Gasteiger partial charge in [0.2, 0.25) is 0 Å². The Bertz CT molecular complexity index is 2610. The SMILES string of the molecule is Cc1ccc(N)cc1-c1cnc2c(c1)N1CCOCC1C(C)(CCCCCC(F)(F)c1cc(C(=O)Nc3ccc(C)c(-c4cnc5c(c4)N4CCOCC4C(C)(C)C5O)c3)ccn1)C2O. The Morgan fingerprint density at radius 3 is 2.11 bits per heavy atom. The van der Waals surface area contributed by atoms with Gasteiger partial charge in [-0.1, -0.05) is 45.7 Å². The molecule has 2 fully saturated rings. The number of nitrogens with zero attached hydrogens (tertiary/aromatic N) is 5. The van der Waals surface area contributed by atoms with Crippen LogP contribution in [-0.2, 0) is 15.4 Å². The van der Waals surface area contributed by atoms with Crippen LogP contribution in [0.3, 0.4) is 0 Å². The molecule has 9 rings (SSSR count). The van der Waals surface area contributed by atoms with Crippen molar-refractivity contribution in [2.24, 2.45) is 10.8 Å². The normalized spacial score (nSPS) is 23.5. The molecule has 0 spiro atoms. The zero-order valence-corrected chi connectivity index (χ0v) is 37.8. The Labute approximate surface area is 379 Å². The fourth-order valence-corrected chi connectivity index (χ4v) is 10.5. The Morgan fingerprint density at radius 2 is 1.42 bits per heavy atom. The van der Waals surface area contributed by atoms with Crippen LogP contribution in [-0.4, -0.2) is 82.7 Å². The van der Waals surface area contributed by atoms with E-state index in [9.17, 15) is 15.0 Å². The number of aliphatic hydroxyl groups is 2. The summed E-state index contributed by atoms with van der Waals surface area (Å²) in [5.74, 6) is -3.80. The molecule has 5 atom stereocenters. The number of rotatable bonds is 11. The summed E-state index contributed by atoms with van der Waals surface area (Å²) in [6.45, 7) is 13.6. The summed E-state index contributed by atoms with van der Waals surface area (Å²) in [7, 11) is 0. The molecule has 5 N–H and O–H groups in total. The average Bonchev–Trinajstić information content (AvgIpc) is 3.31. The molecule has 4 aliphatic heterocycles. The van der Waals surface area contributed by atoms with Crippen molar-refractivity contribution in [1.82, 2.24) is 15.0 Å². The topological polar surface area (TPSA) is 159 Å². The van der Waals surface area contributed by atoms with Crippen LogP contribution in [0.2, 0.25) is 0 Å². The highest BCUT2D eigenvalue weighted by atomic mass is 19.3. The van der Waals surface area contributed by atoms with Crippen molar-refractivity contribution in [2.45, 2.75) is 96.9 Å². The second-order valence-corrected chi connectivity index (χ2v) is 19.2. The number of benzene rings is 2. The largest absolute Gasteiger partial charge is 0.399 e. The van der Waals surface area contributed by atoms with Crippen molar-refractivity contribution in [3.8, 4) is 22.3 Å². The minimum Gasteiger partial charge on any atom is -0.399 e. The number of carbonyl (C=O) groups is 1. The van der Waals surface area contributed by atoms with E-state index in [1.807, 2.05) is 71.0 Å². The maximum atomic E-state index is 15.8. The first kappa shape index (κ1) is 44.7. The van der Waals surface area contributed by atoms with E-state index in [-0.39, 0.29) is 24.1 Å². The van der Waals surface area contributed by atoms with Crippen LogP contribution < -0.4 is 20.9 Å². The third-order valence-electron chi connectivity index (χ3n) is 14.6. The summed E-state index contributed by atoms with van der Waals surface area (Å²) in [5.41, 5.74) is 14.5. The maximum absolute atomic E-state index is 15.8. The molecule has 7 heterocycles. The number of hydrogen-bond donors (Lipinski definition) is 4. The summed E-state index contributed by atoms with van der Waals surface area (Å²) < 4.78 is 43.4. The van der Waals surface area contributed by atoms with E-state index in [2.05, 4.69) is 26.2 Å². The molecular weight excluding hydrogens is 829 g/mol. The lowest BCUT2D eigenvalue weighted by atomic mass is 9.68. The number of pyridine rings is 3. The Hall–Kier alpha value is -5.54. The van der Waals surface area contributed by atoms with E-state index in [1.54, 1.807) is 18.5 Å². The maximum Gasteiger partial charge on any atom is 0.289 e. The quantitative estimate of drug-likeness (QED) is 0.0741. The number of unbranched alkanes of at least 4 members (excludes halogenated alkanes) is 2. The highest BCUT2D eigenvalue weighted by Gasteiger charge is 2.51. The standard InChI is InChI=1S/C51H59F2N7O5/c1-30-9-11-35(54)24-37(30)33-21-40-45(57-26-33)47(62)50(5,43-29-65-20-18-60(40)43)14-7-6-8-15-51(52,53)41-23-32(13-16-55-41)48(63)58-36-12-10-31(2)38(25-36)34-22-39-44(56-27-34)46(61)49(3,4)42-28-64-19-17-59(39)42/h9-13,16,21-27,42-43,46-47,61-62H,6-8,14-15,17-20,28-29,54H2,1-5H3,(H,58,63). The van der Waals surface area contributed by atoms with Gasteiger partial charge in [-0.15, -0.1) is 0 Å². The Balaban J connectivity index is 0.838. The lowest BCUT2D eigenvalue weighted by Crippen LogP contribution is -2.59. The van der Waals surface area contributed by atoms with Crippen LogP contribution >= 0.6 is 0 Å². The van der Waals surface area contributed by atoms with E-state index in [1.165, 1.54) is 18.3 Å². The van der Waals surface area contributed by atoms with Gasteiger partial charge >= 0.3 is 0 Å². The first-order chi connectivity index (χ1) is 31.1. The molecule has 0 saturated carbocycles. The third kappa shape index (κ3) is 8.23. The summed E-state index contributed by atoms with van der Waals surface area (Å²) in [5, 5.41) is 26.1. The van der Waals surface area contributed by atoms with Gasteiger partial charge in [0.15, 0.2) is 0 Å². The summed E-state index contributed by atoms with van der Waals surface area (Å²) >= 11 is 0. The van der Waals surface area contributed by atoms with Crippen LogP contribution in [0.5, 0.6) is 0 Å². The molecule has 0 aliphatic carbocycles. The Morgan fingerprint density at radius 1 is 0.800 bits per heavy atom. The molecule has 2 saturated heterocycles. The van der Waals surface area contributed by atoms with Crippen molar-refractivity contribution >= 4 is 28.7 Å². The number of nitrogens with one attached hydrogen (secondary N) is 1. The highest BCUT2D eigenvalue weighted by Crippen LogP contribution is 2.53. The molecule has 12 nitrogen and oxygen atoms in total. The number of aromatic nitrogens is 3. The molecule has 5 unspecified atom stereocenters. The van der Waals surface area contributed by atoms with Crippen molar-refractivity contribution in [2.75, 3.05) is 60.4 Å². The molecule has 342 valence electrons. The van der Waals surface area contributed by atoms with Crippen LogP contribution in [0.25, 0.3) is 22.3 Å². The van der Waals surface area contributed by atoms with Gasteiger partial charge in [-0.2, -0.15) is 8.78 Å². The second-order valence-electron chi connectivity index (χ2n) is 19.2. The number of anilines is 4. The summed E-state index contributed by atoms with van der Waals surface area (Å²) in [4.78, 5) is 31.7. The number of carbonyl (C=O) groups excluding carboxylic acids is 1. The van der Waals surface area contributed by atoms with Crippen molar-refractivity contribution in [1.29, 1.82) is 0 Å². The van der Waals surface area contributed by atoms with Gasteiger partial charge in [-0.05, 0) is 97.5 Å². The van der Waals surface area contributed by atoms with E-state index >= 15 is 8.78 Å². The number of amides is 1. The van der Waals surface area contributed by atoms with E-state index in [0.29, 0.717) is 81.5 Å². The first-order valence-electron chi connectivity index (χ1n) is 22.7. The van der Waals surface area contributed by atoms with Gasteiger partial charge in [0.1, 0.15) is 17.9 Å². The lowest BCUT2D eigenvalue weighted by Gasteiger charge is -2.53. The predicted molar refractivity (Wildman–Crippen MR) is 248 cm³/mol. The fourth-order valence-electron chi connectivity index (χ4n) is 10.5. The number of alkyl halides is 2. The molecule has 65 heavy (non-hydrogen) atoms. The van der Waals surface area contributed by atoms with Gasteiger partial charge in [0, 0.05) is 77.0 Å².